The molecule has 0 bridgehead atoms. The zero-order chi connectivity index (χ0) is 14.0. The van der Waals surface area contributed by atoms with Gasteiger partial charge in [0, 0.05) is 11.6 Å². The van der Waals surface area contributed by atoms with Crippen LogP contribution in [-0.4, -0.2) is 22.3 Å². The van der Waals surface area contributed by atoms with Gasteiger partial charge in [-0.25, -0.2) is 4.39 Å². The molecule has 0 saturated carbocycles. The van der Waals surface area contributed by atoms with Crippen LogP contribution < -0.4 is 4.74 Å². The molecule has 0 radical (unpaired) electrons. The molecule has 82 valence electrons. The first-order chi connectivity index (χ1) is 8.85. The number of halogens is 1. The van der Waals surface area contributed by atoms with Crippen LogP contribution in [0.1, 0.15) is 4.11 Å². The van der Waals surface area contributed by atoms with Gasteiger partial charge in [0.2, 0.25) is 5.88 Å². The molecule has 2 aromatic rings. The van der Waals surface area contributed by atoms with Crippen LogP contribution in [0.3, 0.4) is 0 Å². The van der Waals surface area contributed by atoms with Crippen LogP contribution in [0.2, 0.25) is 0 Å². The highest BCUT2D eigenvalue weighted by Crippen LogP contribution is 2.26. The summed E-state index contributed by atoms with van der Waals surface area (Å²) >= 11 is 0. The smallest absolute Gasteiger partial charge is 0.233 e. The van der Waals surface area contributed by atoms with E-state index >= 15 is 0 Å². The van der Waals surface area contributed by atoms with Gasteiger partial charge in [0.1, 0.15) is 0 Å². The van der Waals surface area contributed by atoms with Crippen LogP contribution in [0.5, 0.6) is 11.6 Å². The zero-order valence-electron chi connectivity index (χ0n) is 11.0. The predicted octanol–water partition coefficient (Wildman–Crippen LogP) is 2.00. The monoisotopic (exact) mass is 223 g/mol. The molecule has 2 rings (SSSR count). The van der Waals surface area contributed by atoms with E-state index in [4.69, 9.17) is 4.11 Å². The van der Waals surface area contributed by atoms with Gasteiger partial charge in [-0.3, -0.25) is 0 Å². The molecule has 0 aliphatic carbocycles. The number of hydrogen-bond donors (Lipinski definition) is 1. The fraction of sp³-hybridized carbons (Fsp3) is 0.0909. The highest BCUT2D eigenvalue weighted by molar-refractivity contribution is 5.64. The summed E-state index contributed by atoms with van der Waals surface area (Å²) in [5.74, 6) is -1.43. The molecule has 0 aliphatic rings. The van der Waals surface area contributed by atoms with Crippen LogP contribution >= 0.6 is 0 Å². The van der Waals surface area contributed by atoms with Crippen molar-refractivity contribution in [2.75, 3.05) is 7.04 Å². The highest BCUT2D eigenvalue weighted by atomic mass is 19.1. The molecule has 16 heavy (non-hydrogen) atoms. The Balaban J connectivity index is 2.35. The number of aromatic hydroxyl groups is 1. The Morgan fingerprint density at radius 3 is 3.00 bits per heavy atom. The molecule has 0 spiro atoms. The third kappa shape index (κ3) is 1.93. The Morgan fingerprint density at radius 1 is 1.38 bits per heavy atom. The summed E-state index contributed by atoms with van der Waals surface area (Å²) in [5, 5.41) is 16.4. The van der Waals surface area contributed by atoms with Gasteiger partial charge in [0.25, 0.3) is 0 Å². The minimum atomic E-state index is -2.63. The minimum Gasteiger partial charge on any atom is -0.505 e. The summed E-state index contributed by atoms with van der Waals surface area (Å²) in [6.45, 7) is 0. The van der Waals surface area contributed by atoms with Gasteiger partial charge in [-0.2, -0.15) is 5.10 Å². The highest BCUT2D eigenvalue weighted by Gasteiger charge is 2.05. The fourth-order valence-corrected chi connectivity index (χ4v) is 1.25. The molecule has 0 fully saturated rings. The van der Waals surface area contributed by atoms with Crippen molar-refractivity contribution in [3.63, 3.8) is 0 Å². The van der Waals surface area contributed by atoms with Crippen molar-refractivity contribution >= 4 is 0 Å². The number of hydrogen-bond acceptors (Lipinski definition) is 4. The first-order valence-electron chi connectivity index (χ1n) is 5.86. The van der Waals surface area contributed by atoms with E-state index < -0.39 is 18.6 Å². The summed E-state index contributed by atoms with van der Waals surface area (Å²) in [4.78, 5) is 0. The molecular formula is C11H9FN2O2. The summed E-state index contributed by atoms with van der Waals surface area (Å²) < 4.78 is 38.4. The van der Waals surface area contributed by atoms with Crippen LogP contribution in [0, 0.1) is 5.82 Å². The lowest BCUT2D eigenvalue weighted by molar-refractivity contribution is 0.392. The number of benzene rings is 1. The van der Waals surface area contributed by atoms with Gasteiger partial charge in [-0.15, -0.1) is 5.10 Å². The Labute approximate surface area is 95.5 Å². The Bertz CT molecular complexity index is 605. The molecule has 1 aromatic heterocycles. The maximum absolute atomic E-state index is 12.9. The lowest BCUT2D eigenvalue weighted by Gasteiger charge is -2.03. The van der Waals surface area contributed by atoms with Gasteiger partial charge in [0.05, 0.1) is 17.3 Å². The Hall–Kier alpha value is -2.17. The van der Waals surface area contributed by atoms with Crippen molar-refractivity contribution in [1.82, 2.24) is 10.2 Å². The van der Waals surface area contributed by atoms with Crippen molar-refractivity contribution in [3.05, 3.63) is 36.3 Å². The molecule has 1 heterocycles. The second kappa shape index (κ2) is 4.14. The van der Waals surface area contributed by atoms with E-state index in [1.54, 1.807) is 0 Å². The third-order valence-corrected chi connectivity index (χ3v) is 2.02. The van der Waals surface area contributed by atoms with E-state index in [9.17, 15) is 9.50 Å². The Morgan fingerprint density at radius 2 is 2.25 bits per heavy atom. The van der Waals surface area contributed by atoms with Crippen LogP contribution in [0.15, 0.2) is 30.5 Å². The van der Waals surface area contributed by atoms with Crippen LogP contribution in [0.25, 0.3) is 11.1 Å². The molecule has 0 amide bonds. The molecule has 0 atom stereocenters. The number of rotatable bonds is 2. The second-order valence-corrected chi connectivity index (χ2v) is 3.05. The molecule has 0 saturated heterocycles. The molecule has 5 heteroatoms. The van der Waals surface area contributed by atoms with Crippen molar-refractivity contribution in [1.29, 1.82) is 0 Å². The first kappa shape index (κ1) is 7.16. The van der Waals surface area contributed by atoms with Gasteiger partial charge in [-0.05, 0) is 17.7 Å². The SMILES string of the molecule is [2H]C([2H])([2H])Oc1cc(-c2ccc(F)c(O)c2)cnn1. The van der Waals surface area contributed by atoms with E-state index in [0.29, 0.717) is 11.1 Å². The Kier molecular flexibility index (Phi) is 1.85. The number of methoxy groups -OCH3 is 1. The van der Waals surface area contributed by atoms with Gasteiger partial charge in [-0.1, -0.05) is 6.07 Å². The first-order valence-corrected chi connectivity index (χ1v) is 4.36. The van der Waals surface area contributed by atoms with Gasteiger partial charge < -0.3 is 9.84 Å². The number of aromatic nitrogens is 2. The van der Waals surface area contributed by atoms with E-state index in [1.807, 2.05) is 0 Å². The quantitative estimate of drug-likeness (QED) is 0.846. The minimum absolute atomic E-state index is 0.179. The topological polar surface area (TPSA) is 55.2 Å². The largest absolute Gasteiger partial charge is 0.505 e. The molecular weight excluding hydrogens is 211 g/mol. The number of phenols is 1. The van der Waals surface area contributed by atoms with E-state index in [0.717, 1.165) is 6.07 Å². The van der Waals surface area contributed by atoms with Gasteiger partial charge in [0.15, 0.2) is 11.6 Å². The molecule has 0 unspecified atom stereocenters. The van der Waals surface area contributed by atoms with Crippen molar-refractivity contribution in [3.8, 4) is 22.8 Å². The lowest BCUT2D eigenvalue weighted by atomic mass is 10.1. The fourth-order valence-electron chi connectivity index (χ4n) is 1.25. The average molecular weight is 223 g/mol. The summed E-state index contributed by atoms with van der Waals surface area (Å²) in [5.41, 5.74) is 0.911. The van der Waals surface area contributed by atoms with E-state index in [-0.39, 0.29) is 5.88 Å². The predicted molar refractivity (Wildman–Crippen MR) is 55.6 cm³/mol. The number of ether oxygens (including phenoxy) is 1. The average Bonchev–Trinajstić information content (AvgIpc) is 2.31. The number of nitrogens with zero attached hydrogens (tertiary/aromatic N) is 2. The molecule has 0 aliphatic heterocycles. The second-order valence-electron chi connectivity index (χ2n) is 3.05. The van der Waals surface area contributed by atoms with Crippen LogP contribution in [-0.2, 0) is 0 Å². The van der Waals surface area contributed by atoms with Crippen LogP contribution in [0.4, 0.5) is 4.39 Å². The normalized spacial score (nSPS) is 13.7. The molecule has 4 nitrogen and oxygen atoms in total. The molecule has 1 N–H and O–H groups in total. The standard InChI is InChI=1S/C11H9FN2O2/c1-16-11-5-8(6-13-14-11)7-2-3-9(12)10(15)4-7/h2-6,15H,1H3/i1D3. The van der Waals surface area contributed by atoms with Gasteiger partial charge >= 0.3 is 0 Å². The molecule has 1 aromatic carbocycles. The van der Waals surface area contributed by atoms with E-state index in [2.05, 4.69) is 14.9 Å². The maximum atomic E-state index is 12.9. The summed E-state index contributed by atoms with van der Waals surface area (Å²) in [7, 11) is -2.63. The summed E-state index contributed by atoms with van der Waals surface area (Å²) in [6.07, 6.45) is 1.35. The lowest BCUT2D eigenvalue weighted by Crippen LogP contribution is -1.91. The van der Waals surface area contributed by atoms with Crippen molar-refractivity contribution < 1.29 is 18.3 Å². The van der Waals surface area contributed by atoms with Crippen molar-refractivity contribution in [2.45, 2.75) is 0 Å². The zero-order valence-corrected chi connectivity index (χ0v) is 8.01. The third-order valence-electron chi connectivity index (χ3n) is 2.02. The number of phenolic OH excluding ortho intramolecular Hbond substituents is 1. The summed E-state index contributed by atoms with van der Waals surface area (Å²) in [6, 6.07) is 5.05. The van der Waals surface area contributed by atoms with E-state index in [1.165, 1.54) is 24.4 Å². The maximum Gasteiger partial charge on any atom is 0.233 e. The van der Waals surface area contributed by atoms with Crippen molar-refractivity contribution in [2.24, 2.45) is 0 Å².